The summed E-state index contributed by atoms with van der Waals surface area (Å²) in [5.74, 6) is 0.665. The van der Waals surface area contributed by atoms with Crippen LogP contribution < -0.4 is 10.9 Å². The lowest BCUT2D eigenvalue weighted by Crippen LogP contribution is -2.37. The van der Waals surface area contributed by atoms with Crippen LogP contribution in [-0.4, -0.2) is 34.0 Å². The molecule has 1 aliphatic carbocycles. The highest BCUT2D eigenvalue weighted by molar-refractivity contribution is 5.89. The highest BCUT2D eigenvalue weighted by Crippen LogP contribution is 2.33. The monoisotopic (exact) mass is 366 g/mol. The lowest BCUT2D eigenvalue weighted by molar-refractivity contribution is 0.214. The SMILES string of the molecule is O=C(Nc1ccc(C2CCCCC2)cc1)N1CCc2nc[nH]c(=O)c2CC1. The first kappa shape index (κ1) is 17.8. The number of carbonyl (C=O) groups is 1. The van der Waals surface area contributed by atoms with Crippen LogP contribution in [0.15, 0.2) is 35.4 Å². The second-order valence-corrected chi connectivity index (χ2v) is 7.53. The van der Waals surface area contributed by atoms with E-state index in [4.69, 9.17) is 0 Å². The zero-order valence-electron chi connectivity index (χ0n) is 15.5. The third kappa shape index (κ3) is 4.04. The fourth-order valence-corrected chi connectivity index (χ4v) is 4.22. The minimum atomic E-state index is -0.121. The molecule has 2 N–H and O–H groups in total. The smallest absolute Gasteiger partial charge is 0.321 e. The Balaban J connectivity index is 1.38. The van der Waals surface area contributed by atoms with E-state index in [1.165, 1.54) is 44.0 Å². The van der Waals surface area contributed by atoms with Gasteiger partial charge in [0.1, 0.15) is 0 Å². The molecule has 1 saturated carbocycles. The zero-order chi connectivity index (χ0) is 18.6. The molecule has 1 aromatic carbocycles. The Morgan fingerprint density at radius 1 is 1.07 bits per heavy atom. The Bertz CT molecular complexity index is 853. The minimum absolute atomic E-state index is 0.0967. The van der Waals surface area contributed by atoms with E-state index in [-0.39, 0.29) is 11.6 Å². The van der Waals surface area contributed by atoms with E-state index in [1.54, 1.807) is 4.90 Å². The Hall–Kier alpha value is -2.63. The first-order valence-electron chi connectivity index (χ1n) is 9.92. The maximum Gasteiger partial charge on any atom is 0.321 e. The van der Waals surface area contributed by atoms with Gasteiger partial charge in [0.05, 0.1) is 12.0 Å². The van der Waals surface area contributed by atoms with Gasteiger partial charge in [0.25, 0.3) is 5.56 Å². The quantitative estimate of drug-likeness (QED) is 0.854. The van der Waals surface area contributed by atoms with Gasteiger partial charge in [0.15, 0.2) is 0 Å². The molecule has 6 heteroatoms. The van der Waals surface area contributed by atoms with Crippen molar-refractivity contribution in [3.8, 4) is 0 Å². The summed E-state index contributed by atoms with van der Waals surface area (Å²) in [5.41, 5.74) is 3.59. The molecule has 2 aliphatic rings. The molecule has 2 heterocycles. The van der Waals surface area contributed by atoms with Crippen molar-refractivity contribution < 1.29 is 4.79 Å². The largest absolute Gasteiger partial charge is 0.324 e. The summed E-state index contributed by atoms with van der Waals surface area (Å²) in [4.78, 5) is 33.2. The number of fused-ring (bicyclic) bond motifs is 1. The van der Waals surface area contributed by atoms with E-state index in [1.807, 2.05) is 12.1 Å². The van der Waals surface area contributed by atoms with Crippen molar-refractivity contribution in [1.82, 2.24) is 14.9 Å². The number of H-pyrrole nitrogens is 1. The van der Waals surface area contributed by atoms with Crippen LogP contribution in [0.5, 0.6) is 0 Å². The molecule has 0 atom stereocenters. The zero-order valence-corrected chi connectivity index (χ0v) is 15.5. The second-order valence-electron chi connectivity index (χ2n) is 7.53. The second kappa shape index (κ2) is 7.94. The van der Waals surface area contributed by atoms with Crippen molar-refractivity contribution in [1.29, 1.82) is 0 Å². The average molecular weight is 366 g/mol. The number of rotatable bonds is 2. The molecule has 0 unspecified atom stereocenters. The molecule has 1 aromatic heterocycles. The van der Waals surface area contributed by atoms with Gasteiger partial charge in [-0.1, -0.05) is 31.4 Å². The number of aromatic amines is 1. The van der Waals surface area contributed by atoms with E-state index in [9.17, 15) is 9.59 Å². The van der Waals surface area contributed by atoms with Crippen LogP contribution in [0, 0.1) is 0 Å². The number of amides is 2. The highest BCUT2D eigenvalue weighted by atomic mass is 16.2. The van der Waals surface area contributed by atoms with Gasteiger partial charge in [-0.15, -0.1) is 0 Å². The van der Waals surface area contributed by atoms with E-state index in [0.717, 1.165) is 11.4 Å². The number of hydrogen-bond acceptors (Lipinski definition) is 3. The molecule has 0 spiro atoms. The van der Waals surface area contributed by atoms with Gasteiger partial charge in [0.2, 0.25) is 0 Å². The van der Waals surface area contributed by atoms with Gasteiger partial charge >= 0.3 is 6.03 Å². The number of urea groups is 1. The molecular formula is C21H26N4O2. The molecule has 1 fully saturated rings. The van der Waals surface area contributed by atoms with Crippen LogP contribution in [0.1, 0.15) is 54.8 Å². The molecule has 4 rings (SSSR count). The van der Waals surface area contributed by atoms with Gasteiger partial charge in [0, 0.05) is 30.8 Å². The molecule has 0 bridgehead atoms. The first-order valence-corrected chi connectivity index (χ1v) is 9.92. The third-order valence-electron chi connectivity index (χ3n) is 5.81. The summed E-state index contributed by atoms with van der Waals surface area (Å²) in [5, 5.41) is 2.99. The van der Waals surface area contributed by atoms with Crippen LogP contribution in [0.2, 0.25) is 0 Å². The van der Waals surface area contributed by atoms with Crippen molar-refractivity contribution in [2.24, 2.45) is 0 Å². The van der Waals surface area contributed by atoms with Gasteiger partial charge in [-0.25, -0.2) is 9.78 Å². The van der Waals surface area contributed by atoms with E-state index in [2.05, 4.69) is 27.4 Å². The molecule has 2 amide bonds. The van der Waals surface area contributed by atoms with Crippen molar-refractivity contribution in [3.63, 3.8) is 0 Å². The average Bonchev–Trinajstić information content (AvgIpc) is 2.93. The summed E-state index contributed by atoms with van der Waals surface area (Å²) in [6.45, 7) is 1.09. The number of hydrogen-bond donors (Lipinski definition) is 2. The van der Waals surface area contributed by atoms with E-state index in [0.29, 0.717) is 37.4 Å². The van der Waals surface area contributed by atoms with E-state index >= 15 is 0 Å². The molecule has 2 aromatic rings. The number of nitrogens with zero attached hydrogens (tertiary/aromatic N) is 2. The molecule has 142 valence electrons. The Kier molecular flexibility index (Phi) is 5.23. The molecular weight excluding hydrogens is 340 g/mol. The predicted octanol–water partition coefficient (Wildman–Crippen LogP) is 3.45. The summed E-state index contributed by atoms with van der Waals surface area (Å²) < 4.78 is 0. The summed E-state index contributed by atoms with van der Waals surface area (Å²) in [6.07, 6.45) is 9.10. The van der Waals surface area contributed by atoms with Crippen LogP contribution in [0.25, 0.3) is 0 Å². The van der Waals surface area contributed by atoms with Crippen LogP contribution in [-0.2, 0) is 12.8 Å². The molecule has 27 heavy (non-hydrogen) atoms. The first-order chi connectivity index (χ1) is 13.2. The lowest BCUT2D eigenvalue weighted by atomic mass is 9.84. The number of aromatic nitrogens is 2. The third-order valence-corrected chi connectivity index (χ3v) is 5.81. The summed E-state index contributed by atoms with van der Waals surface area (Å²) in [7, 11) is 0. The van der Waals surface area contributed by atoms with Crippen molar-refractivity contribution >= 4 is 11.7 Å². The Morgan fingerprint density at radius 2 is 1.81 bits per heavy atom. The number of nitrogens with one attached hydrogen (secondary N) is 2. The molecule has 6 nitrogen and oxygen atoms in total. The van der Waals surface area contributed by atoms with E-state index < -0.39 is 0 Å². The van der Waals surface area contributed by atoms with Gasteiger partial charge in [-0.3, -0.25) is 4.79 Å². The molecule has 1 aliphatic heterocycles. The Labute approximate surface area is 159 Å². The van der Waals surface area contributed by atoms with Crippen molar-refractivity contribution in [2.75, 3.05) is 18.4 Å². The Morgan fingerprint density at radius 3 is 2.59 bits per heavy atom. The maximum absolute atomic E-state index is 12.7. The van der Waals surface area contributed by atoms with Crippen molar-refractivity contribution in [3.05, 3.63) is 57.8 Å². The predicted molar refractivity (Wildman–Crippen MR) is 105 cm³/mol. The topological polar surface area (TPSA) is 78.1 Å². The standard InChI is InChI=1S/C21H26N4O2/c26-20-18-10-12-25(13-11-19(18)22-14-23-20)21(27)24-17-8-6-16(7-9-17)15-4-2-1-3-5-15/h6-9,14-15H,1-5,10-13H2,(H,24,27)(H,22,23,26). The van der Waals surface area contributed by atoms with Crippen LogP contribution in [0.3, 0.4) is 0 Å². The minimum Gasteiger partial charge on any atom is -0.324 e. The lowest BCUT2D eigenvalue weighted by Gasteiger charge is -2.23. The maximum atomic E-state index is 12.7. The highest BCUT2D eigenvalue weighted by Gasteiger charge is 2.21. The van der Waals surface area contributed by atoms with Crippen LogP contribution >= 0.6 is 0 Å². The van der Waals surface area contributed by atoms with Crippen molar-refractivity contribution in [2.45, 2.75) is 50.9 Å². The molecule has 0 saturated heterocycles. The van der Waals surface area contributed by atoms with Gasteiger partial charge < -0.3 is 15.2 Å². The fraction of sp³-hybridized carbons (Fsp3) is 0.476. The van der Waals surface area contributed by atoms with Gasteiger partial charge in [-0.2, -0.15) is 0 Å². The molecule has 0 radical (unpaired) electrons. The van der Waals surface area contributed by atoms with Crippen LogP contribution in [0.4, 0.5) is 10.5 Å². The van der Waals surface area contributed by atoms with Gasteiger partial charge in [-0.05, 0) is 42.9 Å². The summed E-state index contributed by atoms with van der Waals surface area (Å²) >= 11 is 0. The number of carbonyl (C=O) groups excluding carboxylic acids is 1. The fourth-order valence-electron chi connectivity index (χ4n) is 4.22. The summed E-state index contributed by atoms with van der Waals surface area (Å²) in [6, 6.07) is 8.17. The normalized spacial score (nSPS) is 17.9. The number of anilines is 1. The number of benzene rings is 1.